The van der Waals surface area contributed by atoms with E-state index in [0.29, 0.717) is 22.1 Å². The summed E-state index contributed by atoms with van der Waals surface area (Å²) in [5, 5.41) is 14.6. The number of hydrogen-bond acceptors (Lipinski definition) is 5. The Kier molecular flexibility index (Phi) is 7.03. The molecule has 0 fully saturated rings. The number of anilines is 2. The summed E-state index contributed by atoms with van der Waals surface area (Å²) in [6.45, 7) is 2.01. The van der Waals surface area contributed by atoms with Crippen molar-refractivity contribution in [2.45, 2.75) is 12.1 Å². The number of halogens is 1. The van der Waals surface area contributed by atoms with Crippen LogP contribution in [0.2, 0.25) is 0 Å². The Labute approximate surface area is 200 Å². The largest absolute Gasteiger partial charge is 0.325 e. The number of thioether (sulfide) groups is 1. The van der Waals surface area contributed by atoms with Gasteiger partial charge >= 0.3 is 0 Å². The van der Waals surface area contributed by atoms with Crippen LogP contribution < -0.4 is 10.6 Å². The summed E-state index contributed by atoms with van der Waals surface area (Å²) >= 11 is 1.25. The van der Waals surface area contributed by atoms with Crippen LogP contribution in [-0.2, 0) is 11.8 Å². The maximum Gasteiger partial charge on any atom is 0.257 e. The minimum atomic E-state index is -0.411. The molecular weight excluding hydrogens is 453 g/mol. The van der Waals surface area contributed by atoms with Crippen LogP contribution in [0.5, 0.6) is 0 Å². The molecule has 1 aromatic heterocycles. The molecule has 0 radical (unpaired) electrons. The SMILES string of the molecule is Cc1cccc(-c2nnc(SCC(=O)Nc3ccccc3C(=O)Nc3ccc(F)cc3)n2C)c1. The third-order valence-electron chi connectivity index (χ3n) is 4.99. The third kappa shape index (κ3) is 5.49. The molecule has 0 spiro atoms. The number of aromatic nitrogens is 3. The number of amides is 2. The van der Waals surface area contributed by atoms with Crippen LogP contribution in [0, 0.1) is 12.7 Å². The number of nitrogens with one attached hydrogen (secondary N) is 2. The Hall–Kier alpha value is -3.98. The lowest BCUT2D eigenvalue weighted by Crippen LogP contribution is -2.19. The number of carbonyl (C=O) groups excluding carboxylic acids is 2. The highest BCUT2D eigenvalue weighted by molar-refractivity contribution is 7.99. The number of rotatable bonds is 7. The molecule has 7 nitrogen and oxygen atoms in total. The van der Waals surface area contributed by atoms with Crippen LogP contribution in [0.3, 0.4) is 0 Å². The van der Waals surface area contributed by atoms with Gasteiger partial charge in [0.25, 0.3) is 5.91 Å². The molecule has 0 saturated carbocycles. The number of nitrogens with zero attached hydrogens (tertiary/aromatic N) is 3. The predicted molar refractivity (Wildman–Crippen MR) is 131 cm³/mol. The van der Waals surface area contributed by atoms with Gasteiger partial charge in [0.1, 0.15) is 5.82 Å². The van der Waals surface area contributed by atoms with Crippen LogP contribution in [0.25, 0.3) is 11.4 Å². The summed E-state index contributed by atoms with van der Waals surface area (Å²) in [6.07, 6.45) is 0. The van der Waals surface area contributed by atoms with E-state index in [1.54, 1.807) is 24.3 Å². The first-order valence-electron chi connectivity index (χ1n) is 10.5. The second-order valence-electron chi connectivity index (χ2n) is 7.58. The highest BCUT2D eigenvalue weighted by atomic mass is 32.2. The highest BCUT2D eigenvalue weighted by Crippen LogP contribution is 2.24. The van der Waals surface area contributed by atoms with E-state index in [1.807, 2.05) is 42.8 Å². The average Bonchev–Trinajstić information content (AvgIpc) is 3.19. The van der Waals surface area contributed by atoms with E-state index < -0.39 is 11.7 Å². The van der Waals surface area contributed by atoms with E-state index in [-0.39, 0.29) is 11.7 Å². The minimum Gasteiger partial charge on any atom is -0.325 e. The van der Waals surface area contributed by atoms with Crippen LogP contribution in [0.15, 0.2) is 78.0 Å². The van der Waals surface area contributed by atoms with Gasteiger partial charge in [-0.1, -0.05) is 47.7 Å². The smallest absolute Gasteiger partial charge is 0.257 e. The molecule has 0 aliphatic rings. The monoisotopic (exact) mass is 475 g/mol. The van der Waals surface area contributed by atoms with Crippen molar-refractivity contribution in [2.24, 2.45) is 7.05 Å². The molecule has 0 bridgehead atoms. The lowest BCUT2D eigenvalue weighted by Gasteiger charge is -2.11. The Morgan fingerprint density at radius 3 is 2.50 bits per heavy atom. The van der Waals surface area contributed by atoms with Gasteiger partial charge in [-0.3, -0.25) is 9.59 Å². The summed E-state index contributed by atoms with van der Waals surface area (Å²) in [7, 11) is 1.85. The first kappa shape index (κ1) is 23.2. The van der Waals surface area contributed by atoms with Crippen molar-refractivity contribution < 1.29 is 14.0 Å². The molecule has 0 atom stereocenters. The molecule has 4 aromatic rings. The van der Waals surface area contributed by atoms with Crippen LogP contribution in [0.1, 0.15) is 15.9 Å². The topological polar surface area (TPSA) is 88.9 Å². The molecule has 0 aliphatic carbocycles. The van der Waals surface area contributed by atoms with E-state index in [2.05, 4.69) is 20.8 Å². The quantitative estimate of drug-likeness (QED) is 0.371. The lowest BCUT2D eigenvalue weighted by atomic mass is 10.1. The standard InChI is InChI=1S/C25H22FN5O2S/c1-16-6-5-7-17(14-16)23-29-30-25(31(23)2)34-15-22(32)28-21-9-4-3-8-20(21)24(33)27-19-12-10-18(26)11-13-19/h3-14H,15H2,1-2H3,(H,27,33)(H,28,32). The van der Waals surface area contributed by atoms with E-state index in [0.717, 1.165) is 17.0 Å². The molecular formula is C25H22FN5O2S. The Bertz CT molecular complexity index is 1340. The van der Waals surface area contributed by atoms with Crippen molar-refractivity contribution in [3.63, 3.8) is 0 Å². The maximum absolute atomic E-state index is 13.1. The predicted octanol–water partition coefficient (Wildman–Crippen LogP) is 4.91. The average molecular weight is 476 g/mol. The summed E-state index contributed by atoms with van der Waals surface area (Å²) < 4.78 is 15.0. The normalized spacial score (nSPS) is 10.7. The first-order chi connectivity index (χ1) is 16.4. The maximum atomic E-state index is 13.1. The van der Waals surface area contributed by atoms with Crippen LogP contribution >= 0.6 is 11.8 Å². The molecule has 1 heterocycles. The Balaban J connectivity index is 1.40. The number of benzene rings is 3. The van der Waals surface area contributed by atoms with Gasteiger partial charge in [-0.2, -0.15) is 0 Å². The fourth-order valence-corrected chi connectivity index (χ4v) is 4.03. The summed E-state index contributed by atoms with van der Waals surface area (Å²) in [5.41, 5.74) is 3.20. The van der Waals surface area contributed by atoms with Gasteiger partial charge in [0, 0.05) is 18.3 Å². The van der Waals surface area contributed by atoms with Gasteiger partial charge in [0.05, 0.1) is 17.0 Å². The Morgan fingerprint density at radius 1 is 0.971 bits per heavy atom. The molecule has 34 heavy (non-hydrogen) atoms. The van der Waals surface area contributed by atoms with Crippen LogP contribution in [-0.4, -0.2) is 32.3 Å². The van der Waals surface area contributed by atoms with Gasteiger partial charge in [0.2, 0.25) is 5.91 Å². The summed E-state index contributed by atoms with van der Waals surface area (Å²) in [5.74, 6) is -0.279. The second-order valence-corrected chi connectivity index (χ2v) is 8.52. The van der Waals surface area contributed by atoms with Gasteiger partial charge in [-0.05, 0) is 49.4 Å². The number of hydrogen-bond donors (Lipinski definition) is 2. The molecule has 4 rings (SSSR count). The zero-order valence-electron chi connectivity index (χ0n) is 18.6. The Morgan fingerprint density at radius 2 is 1.74 bits per heavy atom. The van der Waals surface area contributed by atoms with Gasteiger partial charge < -0.3 is 15.2 Å². The number of para-hydroxylation sites is 1. The van der Waals surface area contributed by atoms with E-state index in [1.165, 1.54) is 36.0 Å². The fraction of sp³-hybridized carbons (Fsp3) is 0.120. The van der Waals surface area contributed by atoms with Gasteiger partial charge in [-0.15, -0.1) is 10.2 Å². The number of carbonyl (C=O) groups is 2. The first-order valence-corrected chi connectivity index (χ1v) is 11.4. The van der Waals surface area contributed by atoms with Crippen molar-refractivity contribution in [1.82, 2.24) is 14.8 Å². The van der Waals surface area contributed by atoms with Crippen molar-refractivity contribution in [1.29, 1.82) is 0 Å². The molecule has 2 amide bonds. The van der Waals surface area contributed by atoms with Crippen molar-refractivity contribution >= 4 is 35.0 Å². The number of aryl methyl sites for hydroxylation is 1. The fourth-order valence-electron chi connectivity index (χ4n) is 3.31. The molecule has 0 aliphatic heterocycles. The highest BCUT2D eigenvalue weighted by Gasteiger charge is 2.16. The van der Waals surface area contributed by atoms with Crippen molar-refractivity contribution in [2.75, 3.05) is 16.4 Å². The van der Waals surface area contributed by atoms with Crippen molar-refractivity contribution in [3.05, 3.63) is 89.7 Å². The molecule has 3 aromatic carbocycles. The summed E-state index contributed by atoms with van der Waals surface area (Å²) in [6, 6.07) is 20.1. The molecule has 2 N–H and O–H groups in total. The molecule has 0 saturated heterocycles. The van der Waals surface area contributed by atoms with Crippen molar-refractivity contribution in [3.8, 4) is 11.4 Å². The van der Waals surface area contributed by atoms with Crippen LogP contribution in [0.4, 0.5) is 15.8 Å². The van der Waals surface area contributed by atoms with E-state index in [4.69, 9.17) is 0 Å². The third-order valence-corrected chi connectivity index (χ3v) is 6.01. The van der Waals surface area contributed by atoms with E-state index >= 15 is 0 Å². The second kappa shape index (κ2) is 10.3. The van der Waals surface area contributed by atoms with Gasteiger partial charge in [0.15, 0.2) is 11.0 Å². The zero-order valence-corrected chi connectivity index (χ0v) is 19.4. The minimum absolute atomic E-state index is 0.0910. The summed E-state index contributed by atoms with van der Waals surface area (Å²) in [4.78, 5) is 25.3. The molecule has 9 heteroatoms. The zero-order chi connectivity index (χ0) is 24.1. The van der Waals surface area contributed by atoms with E-state index in [9.17, 15) is 14.0 Å². The molecule has 0 unspecified atom stereocenters. The lowest BCUT2D eigenvalue weighted by molar-refractivity contribution is -0.113. The molecule has 172 valence electrons. The van der Waals surface area contributed by atoms with Gasteiger partial charge in [-0.25, -0.2) is 4.39 Å².